The van der Waals surface area contributed by atoms with E-state index in [1.54, 1.807) is 10.9 Å². The molecule has 0 aliphatic carbocycles. The smallest absolute Gasteiger partial charge is 0.248 e. The van der Waals surface area contributed by atoms with Gasteiger partial charge in [0.25, 0.3) is 0 Å². The van der Waals surface area contributed by atoms with Gasteiger partial charge in [0, 0.05) is 12.4 Å². The average Bonchev–Trinajstić information content (AvgIpc) is 2.73. The van der Waals surface area contributed by atoms with Gasteiger partial charge in [0.15, 0.2) is 5.82 Å². The van der Waals surface area contributed by atoms with Crippen LogP contribution in [0.25, 0.3) is 0 Å². The van der Waals surface area contributed by atoms with Crippen LogP contribution in [0.5, 0.6) is 0 Å². The summed E-state index contributed by atoms with van der Waals surface area (Å²) in [7, 11) is 0. The fourth-order valence-electron chi connectivity index (χ4n) is 1.11. The van der Waals surface area contributed by atoms with Crippen molar-refractivity contribution in [2.45, 2.75) is 25.9 Å². The lowest BCUT2D eigenvalue weighted by molar-refractivity contribution is 0.351. The Kier molecular flexibility index (Phi) is 2.28. The van der Waals surface area contributed by atoms with E-state index in [9.17, 15) is 0 Å². The predicted octanol–water partition coefficient (Wildman–Crippen LogP) is 0.508. The number of nitrogens with zero attached hydrogens (tertiary/aromatic N) is 4. The van der Waals surface area contributed by atoms with E-state index in [1.807, 2.05) is 26.1 Å². The van der Waals surface area contributed by atoms with Gasteiger partial charge in [-0.2, -0.15) is 10.1 Å². The highest BCUT2D eigenvalue weighted by molar-refractivity contribution is 4.99. The zero-order valence-corrected chi connectivity index (χ0v) is 8.71. The second-order valence-corrected chi connectivity index (χ2v) is 3.94. The molecule has 2 aromatic heterocycles. The standard InChI is InChI=1S/C9H13N5O/c1-9(2,10)8-12-7(15-13-8)6-14-5-3-4-11-14/h3-5H,6,10H2,1-2H3. The van der Waals surface area contributed by atoms with Crippen molar-refractivity contribution in [1.82, 2.24) is 19.9 Å². The summed E-state index contributed by atoms with van der Waals surface area (Å²) < 4.78 is 6.77. The molecule has 0 spiro atoms. The Balaban J connectivity index is 2.15. The van der Waals surface area contributed by atoms with Crippen molar-refractivity contribution >= 4 is 0 Å². The Bertz CT molecular complexity index is 426. The van der Waals surface area contributed by atoms with E-state index in [-0.39, 0.29) is 0 Å². The van der Waals surface area contributed by atoms with Crippen molar-refractivity contribution in [2.24, 2.45) is 5.73 Å². The van der Waals surface area contributed by atoms with Crippen LogP contribution in [0.15, 0.2) is 23.0 Å². The molecule has 0 fully saturated rings. The fourth-order valence-corrected chi connectivity index (χ4v) is 1.11. The minimum Gasteiger partial charge on any atom is -0.337 e. The van der Waals surface area contributed by atoms with Gasteiger partial charge in [-0.3, -0.25) is 4.68 Å². The first-order valence-electron chi connectivity index (χ1n) is 4.65. The molecule has 0 atom stereocenters. The molecular weight excluding hydrogens is 194 g/mol. The van der Waals surface area contributed by atoms with Gasteiger partial charge in [0.05, 0.1) is 5.54 Å². The van der Waals surface area contributed by atoms with Gasteiger partial charge in [0.2, 0.25) is 5.89 Å². The molecule has 80 valence electrons. The highest BCUT2D eigenvalue weighted by Gasteiger charge is 2.21. The molecule has 2 rings (SSSR count). The summed E-state index contributed by atoms with van der Waals surface area (Å²) >= 11 is 0. The third-order valence-corrected chi connectivity index (χ3v) is 1.90. The van der Waals surface area contributed by atoms with E-state index in [1.165, 1.54) is 0 Å². The van der Waals surface area contributed by atoms with Gasteiger partial charge in [-0.05, 0) is 19.9 Å². The van der Waals surface area contributed by atoms with Gasteiger partial charge in [-0.25, -0.2) is 0 Å². The van der Waals surface area contributed by atoms with Gasteiger partial charge >= 0.3 is 0 Å². The van der Waals surface area contributed by atoms with Crippen LogP contribution in [0.2, 0.25) is 0 Å². The molecule has 2 heterocycles. The molecule has 2 aromatic rings. The third kappa shape index (κ3) is 2.21. The maximum atomic E-state index is 5.84. The molecule has 0 aromatic carbocycles. The van der Waals surface area contributed by atoms with E-state index in [4.69, 9.17) is 10.3 Å². The molecule has 0 amide bonds. The summed E-state index contributed by atoms with van der Waals surface area (Å²) in [6.07, 6.45) is 3.53. The summed E-state index contributed by atoms with van der Waals surface area (Å²) in [5, 5.41) is 7.86. The summed E-state index contributed by atoms with van der Waals surface area (Å²) in [4.78, 5) is 4.19. The van der Waals surface area contributed by atoms with Crippen LogP contribution in [0, 0.1) is 0 Å². The number of rotatable bonds is 3. The van der Waals surface area contributed by atoms with E-state index < -0.39 is 5.54 Å². The molecule has 0 aliphatic rings. The fraction of sp³-hybridized carbons (Fsp3) is 0.444. The first kappa shape index (κ1) is 9.85. The first-order chi connectivity index (χ1) is 7.05. The van der Waals surface area contributed by atoms with Gasteiger partial charge in [0.1, 0.15) is 6.54 Å². The minimum absolute atomic E-state index is 0.468. The molecule has 15 heavy (non-hydrogen) atoms. The molecule has 0 aliphatic heterocycles. The Morgan fingerprint density at radius 3 is 2.87 bits per heavy atom. The Morgan fingerprint density at radius 2 is 2.33 bits per heavy atom. The molecule has 0 saturated carbocycles. The van der Waals surface area contributed by atoms with Gasteiger partial charge in [-0.1, -0.05) is 5.16 Å². The van der Waals surface area contributed by atoms with Crippen molar-refractivity contribution in [2.75, 3.05) is 0 Å². The maximum absolute atomic E-state index is 5.84. The van der Waals surface area contributed by atoms with E-state index in [0.29, 0.717) is 18.3 Å². The zero-order valence-electron chi connectivity index (χ0n) is 8.71. The van der Waals surface area contributed by atoms with Crippen molar-refractivity contribution in [3.63, 3.8) is 0 Å². The Hall–Kier alpha value is -1.69. The third-order valence-electron chi connectivity index (χ3n) is 1.90. The van der Waals surface area contributed by atoms with Crippen LogP contribution in [0.3, 0.4) is 0 Å². The van der Waals surface area contributed by atoms with Crippen molar-refractivity contribution < 1.29 is 4.52 Å². The summed E-state index contributed by atoms with van der Waals surface area (Å²) in [6, 6.07) is 1.84. The van der Waals surface area contributed by atoms with Crippen LogP contribution in [-0.2, 0) is 12.1 Å². The average molecular weight is 207 g/mol. The van der Waals surface area contributed by atoms with Gasteiger partial charge < -0.3 is 10.3 Å². The normalized spacial score (nSPS) is 11.9. The largest absolute Gasteiger partial charge is 0.337 e. The SMILES string of the molecule is CC(C)(N)c1noc(Cn2cccn2)n1. The lowest BCUT2D eigenvalue weighted by Gasteiger charge is -2.11. The monoisotopic (exact) mass is 207 g/mol. The number of hydrogen-bond acceptors (Lipinski definition) is 5. The molecule has 6 heteroatoms. The number of nitrogens with two attached hydrogens (primary N) is 1. The molecule has 0 unspecified atom stereocenters. The van der Waals surface area contributed by atoms with E-state index in [2.05, 4.69) is 15.2 Å². The zero-order chi connectivity index (χ0) is 10.9. The summed E-state index contributed by atoms with van der Waals surface area (Å²) in [5.74, 6) is 1.01. The minimum atomic E-state index is -0.578. The van der Waals surface area contributed by atoms with Crippen LogP contribution >= 0.6 is 0 Å². The lowest BCUT2D eigenvalue weighted by atomic mass is 10.1. The molecule has 2 N–H and O–H groups in total. The van der Waals surface area contributed by atoms with Crippen LogP contribution in [0.4, 0.5) is 0 Å². The molecular formula is C9H13N5O. The number of hydrogen-bond donors (Lipinski definition) is 1. The second kappa shape index (κ2) is 3.47. The quantitative estimate of drug-likeness (QED) is 0.792. The first-order valence-corrected chi connectivity index (χ1v) is 4.65. The predicted molar refractivity (Wildman–Crippen MR) is 52.8 cm³/mol. The van der Waals surface area contributed by atoms with Crippen LogP contribution in [-0.4, -0.2) is 19.9 Å². The topological polar surface area (TPSA) is 82.8 Å². The highest BCUT2D eigenvalue weighted by Crippen LogP contribution is 2.12. The molecule has 0 radical (unpaired) electrons. The molecule has 6 nitrogen and oxygen atoms in total. The Labute approximate surface area is 87.1 Å². The van der Waals surface area contributed by atoms with Crippen LogP contribution in [0.1, 0.15) is 25.6 Å². The van der Waals surface area contributed by atoms with Crippen molar-refractivity contribution in [3.8, 4) is 0 Å². The van der Waals surface area contributed by atoms with E-state index in [0.717, 1.165) is 0 Å². The highest BCUT2D eigenvalue weighted by atomic mass is 16.5. The summed E-state index contributed by atoms with van der Waals surface area (Å²) in [6.45, 7) is 4.13. The van der Waals surface area contributed by atoms with Crippen molar-refractivity contribution in [3.05, 3.63) is 30.2 Å². The van der Waals surface area contributed by atoms with Crippen molar-refractivity contribution in [1.29, 1.82) is 0 Å². The van der Waals surface area contributed by atoms with Gasteiger partial charge in [-0.15, -0.1) is 0 Å². The Morgan fingerprint density at radius 1 is 1.53 bits per heavy atom. The number of aromatic nitrogens is 4. The molecule has 0 saturated heterocycles. The second-order valence-electron chi connectivity index (χ2n) is 3.94. The molecule has 0 bridgehead atoms. The lowest BCUT2D eigenvalue weighted by Crippen LogP contribution is -2.30. The summed E-state index contributed by atoms with van der Waals surface area (Å²) in [5.41, 5.74) is 5.26. The maximum Gasteiger partial charge on any atom is 0.248 e. The van der Waals surface area contributed by atoms with Crippen LogP contribution < -0.4 is 5.73 Å². The van der Waals surface area contributed by atoms with E-state index >= 15 is 0 Å².